The molecule has 142 valence electrons. The molecular formula is C22H17F3N2O. The Balaban J connectivity index is 1.73. The minimum absolute atomic E-state index is 0.0532. The molecule has 0 aromatic heterocycles. The lowest BCUT2D eigenvalue weighted by Crippen LogP contribution is -2.32. The molecule has 0 fully saturated rings. The number of halogens is 3. The number of fused-ring (bicyclic) bond motifs is 1. The summed E-state index contributed by atoms with van der Waals surface area (Å²) in [4.78, 5) is 14.5. The van der Waals surface area contributed by atoms with Crippen LogP contribution in [0.5, 0.6) is 0 Å². The van der Waals surface area contributed by atoms with E-state index in [-0.39, 0.29) is 11.6 Å². The first-order valence-corrected chi connectivity index (χ1v) is 8.82. The van der Waals surface area contributed by atoms with Gasteiger partial charge in [0, 0.05) is 23.4 Å². The number of rotatable bonds is 4. The average molecular weight is 382 g/mol. The molecule has 1 atom stereocenters. The summed E-state index contributed by atoms with van der Waals surface area (Å²) < 4.78 is 40.3. The summed E-state index contributed by atoms with van der Waals surface area (Å²) >= 11 is 0. The normalized spacial score (nSPS) is 16.2. The largest absolute Gasteiger partial charge is 0.418 e. The highest BCUT2D eigenvalue weighted by atomic mass is 19.4. The van der Waals surface area contributed by atoms with Crippen LogP contribution in [0.2, 0.25) is 0 Å². The van der Waals surface area contributed by atoms with Crippen molar-refractivity contribution in [2.24, 2.45) is 0 Å². The zero-order valence-electron chi connectivity index (χ0n) is 14.8. The highest BCUT2D eigenvalue weighted by molar-refractivity contribution is 5.99. The lowest BCUT2D eigenvalue weighted by molar-refractivity contribution is -0.137. The number of hydrogen-bond acceptors (Lipinski definition) is 2. The first-order valence-electron chi connectivity index (χ1n) is 8.82. The van der Waals surface area contributed by atoms with Gasteiger partial charge in [0.05, 0.1) is 5.56 Å². The van der Waals surface area contributed by atoms with Gasteiger partial charge in [0.15, 0.2) is 0 Å². The Morgan fingerprint density at radius 3 is 2.25 bits per heavy atom. The lowest BCUT2D eigenvalue weighted by Gasteiger charge is -2.28. The molecule has 3 nitrogen and oxygen atoms in total. The molecule has 4 rings (SSSR count). The third-order valence-corrected chi connectivity index (χ3v) is 4.78. The van der Waals surface area contributed by atoms with Crippen molar-refractivity contribution in [2.75, 3.05) is 5.32 Å². The maximum Gasteiger partial charge on any atom is 0.418 e. The van der Waals surface area contributed by atoms with Crippen molar-refractivity contribution in [2.45, 2.75) is 18.9 Å². The van der Waals surface area contributed by atoms with Crippen LogP contribution in [0.25, 0.3) is 0 Å². The topological polar surface area (TPSA) is 32.3 Å². The third-order valence-electron chi connectivity index (χ3n) is 4.78. The van der Waals surface area contributed by atoms with Gasteiger partial charge in [-0.25, -0.2) is 0 Å². The first-order chi connectivity index (χ1) is 13.4. The highest BCUT2D eigenvalue weighted by Crippen LogP contribution is 2.39. The van der Waals surface area contributed by atoms with Gasteiger partial charge in [0.1, 0.15) is 6.17 Å². The number of para-hydroxylation sites is 1. The Morgan fingerprint density at radius 2 is 1.50 bits per heavy atom. The average Bonchev–Trinajstić information content (AvgIpc) is 2.95. The van der Waals surface area contributed by atoms with Crippen molar-refractivity contribution in [3.05, 3.63) is 101 Å². The quantitative estimate of drug-likeness (QED) is 0.649. The van der Waals surface area contributed by atoms with Gasteiger partial charge in [-0.2, -0.15) is 13.2 Å². The Bertz CT molecular complexity index is 1000. The number of amides is 1. The fourth-order valence-corrected chi connectivity index (χ4v) is 3.47. The van der Waals surface area contributed by atoms with Crippen molar-refractivity contribution in [1.29, 1.82) is 0 Å². The molecule has 0 saturated heterocycles. The molecule has 1 amide bonds. The van der Waals surface area contributed by atoms with Crippen molar-refractivity contribution < 1.29 is 18.0 Å². The van der Waals surface area contributed by atoms with Crippen LogP contribution >= 0.6 is 0 Å². The molecule has 28 heavy (non-hydrogen) atoms. The van der Waals surface area contributed by atoms with Crippen molar-refractivity contribution in [3.8, 4) is 0 Å². The third kappa shape index (κ3) is 3.33. The summed E-state index contributed by atoms with van der Waals surface area (Å²) in [5.74, 6) is -0.207. The van der Waals surface area contributed by atoms with Gasteiger partial charge in [-0.05, 0) is 23.8 Å². The minimum atomic E-state index is -4.49. The van der Waals surface area contributed by atoms with Crippen molar-refractivity contribution in [3.63, 3.8) is 0 Å². The number of nitrogens with one attached hydrogen (secondary N) is 1. The Kier molecular flexibility index (Phi) is 4.55. The molecule has 1 aliphatic heterocycles. The van der Waals surface area contributed by atoms with Crippen LogP contribution in [0.15, 0.2) is 78.9 Å². The summed E-state index contributed by atoms with van der Waals surface area (Å²) in [7, 11) is 0. The lowest BCUT2D eigenvalue weighted by atomic mass is 10.1. The molecule has 0 saturated carbocycles. The van der Waals surface area contributed by atoms with E-state index in [4.69, 9.17) is 0 Å². The fraction of sp³-hybridized carbons (Fsp3) is 0.136. The van der Waals surface area contributed by atoms with Gasteiger partial charge in [0.25, 0.3) is 5.91 Å². The van der Waals surface area contributed by atoms with E-state index in [1.807, 2.05) is 30.3 Å². The monoisotopic (exact) mass is 382 g/mol. The zero-order valence-corrected chi connectivity index (χ0v) is 14.8. The van der Waals surface area contributed by atoms with Crippen LogP contribution in [-0.4, -0.2) is 10.8 Å². The van der Waals surface area contributed by atoms with Crippen molar-refractivity contribution >= 4 is 11.6 Å². The van der Waals surface area contributed by atoms with E-state index in [1.54, 1.807) is 35.2 Å². The van der Waals surface area contributed by atoms with E-state index in [0.717, 1.165) is 11.6 Å². The number of carbonyl (C=O) groups excluding carboxylic acids is 1. The molecule has 0 spiro atoms. The molecule has 1 aliphatic rings. The Labute approximate surface area is 160 Å². The van der Waals surface area contributed by atoms with E-state index < -0.39 is 17.9 Å². The maximum absolute atomic E-state index is 13.4. The van der Waals surface area contributed by atoms with E-state index in [1.165, 1.54) is 12.1 Å². The standard InChI is InChI=1S/C22H17F3N2O/c23-22(24,25)18-12-6-7-13-19(18)26-20-16-10-4-5-11-17(16)21(28)27(20)14-15-8-2-1-3-9-15/h1-13,20,26H,14H2/t20-/m0/s1. The molecule has 3 aromatic rings. The second-order valence-corrected chi connectivity index (χ2v) is 6.60. The molecule has 3 aromatic carbocycles. The van der Waals surface area contributed by atoms with Crippen LogP contribution in [0.4, 0.5) is 18.9 Å². The van der Waals surface area contributed by atoms with Crippen molar-refractivity contribution in [1.82, 2.24) is 4.90 Å². The molecule has 6 heteroatoms. The Morgan fingerprint density at radius 1 is 0.857 bits per heavy atom. The van der Waals surface area contributed by atoms with Crippen LogP contribution in [0, 0.1) is 0 Å². The highest BCUT2D eigenvalue weighted by Gasteiger charge is 2.39. The summed E-state index contributed by atoms with van der Waals surface area (Å²) in [6.07, 6.45) is -5.18. The van der Waals surface area contributed by atoms with E-state index in [0.29, 0.717) is 17.7 Å². The van der Waals surface area contributed by atoms with Crippen LogP contribution < -0.4 is 5.32 Å². The predicted molar refractivity (Wildman–Crippen MR) is 101 cm³/mol. The molecule has 0 unspecified atom stereocenters. The number of anilines is 1. The summed E-state index contributed by atoms with van der Waals surface area (Å²) in [5.41, 5.74) is 1.26. The summed E-state index contributed by atoms with van der Waals surface area (Å²) in [6.45, 7) is 0.292. The molecule has 1 N–H and O–H groups in total. The zero-order chi connectivity index (χ0) is 19.7. The first kappa shape index (κ1) is 18.1. The predicted octanol–water partition coefficient (Wildman–Crippen LogP) is 5.47. The van der Waals surface area contributed by atoms with Gasteiger partial charge in [-0.1, -0.05) is 60.7 Å². The van der Waals surface area contributed by atoms with Gasteiger partial charge in [-0.15, -0.1) is 0 Å². The second-order valence-electron chi connectivity index (χ2n) is 6.60. The number of carbonyl (C=O) groups is 1. The minimum Gasteiger partial charge on any atom is -0.361 e. The molecule has 0 aliphatic carbocycles. The maximum atomic E-state index is 13.4. The van der Waals surface area contributed by atoms with Gasteiger partial charge in [-0.3, -0.25) is 4.79 Å². The Hall–Kier alpha value is -3.28. The van der Waals surface area contributed by atoms with E-state index in [2.05, 4.69) is 5.32 Å². The number of benzene rings is 3. The molecular weight excluding hydrogens is 365 g/mol. The fourth-order valence-electron chi connectivity index (χ4n) is 3.47. The van der Waals surface area contributed by atoms with Gasteiger partial charge < -0.3 is 10.2 Å². The summed E-state index contributed by atoms with van der Waals surface area (Å²) in [5, 5.41) is 2.96. The van der Waals surface area contributed by atoms with E-state index >= 15 is 0 Å². The molecule has 0 radical (unpaired) electrons. The number of nitrogens with zero attached hydrogens (tertiary/aromatic N) is 1. The van der Waals surface area contributed by atoms with E-state index in [9.17, 15) is 18.0 Å². The SMILES string of the molecule is O=C1c2ccccc2[C@@H](Nc2ccccc2C(F)(F)F)N1Cc1ccccc1. The second kappa shape index (κ2) is 7.03. The summed E-state index contributed by atoms with van der Waals surface area (Å²) in [6, 6.07) is 21.7. The smallest absolute Gasteiger partial charge is 0.361 e. The molecule has 0 bridgehead atoms. The van der Waals surface area contributed by atoms with Gasteiger partial charge >= 0.3 is 6.18 Å². The molecule has 1 heterocycles. The van der Waals surface area contributed by atoms with Crippen LogP contribution in [0.1, 0.15) is 33.2 Å². The van der Waals surface area contributed by atoms with Crippen LogP contribution in [-0.2, 0) is 12.7 Å². The number of alkyl halides is 3. The van der Waals surface area contributed by atoms with Crippen LogP contribution in [0.3, 0.4) is 0 Å². The number of hydrogen-bond donors (Lipinski definition) is 1. The van der Waals surface area contributed by atoms with Gasteiger partial charge in [0.2, 0.25) is 0 Å².